The predicted molar refractivity (Wildman–Crippen MR) is 93.3 cm³/mol. The number of hydrogen-bond acceptors (Lipinski definition) is 6. The van der Waals surface area contributed by atoms with Crippen LogP contribution < -0.4 is 15.5 Å². The molecule has 1 aromatic heterocycles. The molecular formula is C18H17N5O. The van der Waals surface area contributed by atoms with Crippen molar-refractivity contribution in [3.8, 4) is 5.75 Å². The highest BCUT2D eigenvalue weighted by atomic mass is 16.5. The first-order valence-electron chi connectivity index (χ1n) is 7.67. The van der Waals surface area contributed by atoms with Gasteiger partial charge in [-0.15, -0.1) is 0 Å². The Bertz CT molecular complexity index is 843. The van der Waals surface area contributed by atoms with E-state index in [2.05, 4.69) is 26.8 Å². The van der Waals surface area contributed by atoms with Gasteiger partial charge in [0, 0.05) is 35.9 Å². The third kappa shape index (κ3) is 2.69. The summed E-state index contributed by atoms with van der Waals surface area (Å²) in [5.74, 6) is 1.34. The first-order valence-corrected chi connectivity index (χ1v) is 7.67. The van der Waals surface area contributed by atoms with Gasteiger partial charge in [-0.2, -0.15) is 0 Å². The van der Waals surface area contributed by atoms with Gasteiger partial charge in [0.05, 0.1) is 18.8 Å². The Morgan fingerprint density at radius 3 is 3.12 bits per heavy atom. The highest BCUT2D eigenvalue weighted by Crippen LogP contribution is 2.28. The number of fused-ring (bicyclic) bond motifs is 1. The van der Waals surface area contributed by atoms with Crippen LogP contribution in [0.25, 0.3) is 5.57 Å². The van der Waals surface area contributed by atoms with E-state index in [1.165, 1.54) is 0 Å². The lowest BCUT2D eigenvalue weighted by atomic mass is 10.0. The van der Waals surface area contributed by atoms with Crippen molar-refractivity contribution in [1.82, 2.24) is 20.4 Å². The fraction of sp³-hybridized carbons (Fsp3) is 0.111. The Morgan fingerprint density at radius 1 is 1.25 bits per heavy atom. The van der Waals surface area contributed by atoms with Crippen molar-refractivity contribution in [3.63, 3.8) is 0 Å². The molecule has 2 aromatic rings. The van der Waals surface area contributed by atoms with E-state index in [9.17, 15) is 0 Å². The van der Waals surface area contributed by atoms with Gasteiger partial charge >= 0.3 is 0 Å². The van der Waals surface area contributed by atoms with Gasteiger partial charge in [0.2, 0.25) is 5.95 Å². The minimum absolute atomic E-state index is 0.148. The molecule has 0 aliphatic carbocycles. The molecule has 1 unspecified atom stereocenters. The van der Waals surface area contributed by atoms with Gasteiger partial charge in [-0.3, -0.25) is 5.01 Å². The average molecular weight is 319 g/mol. The SMILES string of the molecule is COc1cccc(Nc2nccc(C3=CNN4C=CC=CC34)n2)c1. The topological polar surface area (TPSA) is 62.3 Å². The monoisotopic (exact) mass is 319 g/mol. The third-order valence-electron chi connectivity index (χ3n) is 3.92. The second-order valence-electron chi connectivity index (χ2n) is 5.43. The van der Waals surface area contributed by atoms with Crippen LogP contribution in [0.5, 0.6) is 5.75 Å². The normalized spacial score (nSPS) is 18.0. The van der Waals surface area contributed by atoms with E-state index in [1.807, 2.05) is 59.9 Å². The quantitative estimate of drug-likeness (QED) is 0.903. The number of rotatable bonds is 4. The Balaban J connectivity index is 1.58. The lowest BCUT2D eigenvalue weighted by Crippen LogP contribution is -2.33. The molecule has 0 fully saturated rings. The molecule has 0 amide bonds. The van der Waals surface area contributed by atoms with Crippen LogP contribution in [0.2, 0.25) is 0 Å². The molecule has 120 valence electrons. The number of ether oxygens (including phenoxy) is 1. The minimum atomic E-state index is 0.148. The van der Waals surface area contributed by atoms with Gasteiger partial charge in [0.15, 0.2) is 0 Å². The fourth-order valence-electron chi connectivity index (χ4n) is 2.74. The van der Waals surface area contributed by atoms with Gasteiger partial charge in [-0.1, -0.05) is 18.2 Å². The Kier molecular flexibility index (Phi) is 3.63. The zero-order valence-electron chi connectivity index (χ0n) is 13.2. The summed E-state index contributed by atoms with van der Waals surface area (Å²) in [6.45, 7) is 0. The molecule has 0 saturated heterocycles. The van der Waals surface area contributed by atoms with Crippen LogP contribution in [0.15, 0.2) is 67.2 Å². The maximum absolute atomic E-state index is 5.24. The van der Waals surface area contributed by atoms with E-state index in [0.717, 1.165) is 22.7 Å². The number of nitrogens with one attached hydrogen (secondary N) is 2. The zero-order valence-corrected chi connectivity index (χ0v) is 13.2. The molecule has 0 bridgehead atoms. The summed E-state index contributed by atoms with van der Waals surface area (Å²) < 4.78 is 5.24. The molecule has 1 aromatic carbocycles. The highest BCUT2D eigenvalue weighted by Gasteiger charge is 2.26. The van der Waals surface area contributed by atoms with Crippen LogP contribution >= 0.6 is 0 Å². The first kappa shape index (κ1) is 14.3. The molecule has 0 spiro atoms. The van der Waals surface area contributed by atoms with E-state index < -0.39 is 0 Å². The summed E-state index contributed by atoms with van der Waals surface area (Å²) >= 11 is 0. The molecule has 4 rings (SSSR count). The number of allylic oxidation sites excluding steroid dienone is 2. The third-order valence-corrected chi connectivity index (χ3v) is 3.92. The summed E-state index contributed by atoms with van der Waals surface area (Å²) in [5, 5.41) is 5.25. The van der Waals surface area contributed by atoms with Crippen LogP contribution in [0, 0.1) is 0 Å². The van der Waals surface area contributed by atoms with Crippen molar-refractivity contribution in [2.24, 2.45) is 0 Å². The van der Waals surface area contributed by atoms with E-state index >= 15 is 0 Å². The second kappa shape index (κ2) is 6.08. The van der Waals surface area contributed by atoms with Crippen molar-refractivity contribution in [3.05, 3.63) is 72.9 Å². The summed E-state index contributed by atoms with van der Waals surface area (Å²) in [4.78, 5) is 8.95. The summed E-state index contributed by atoms with van der Waals surface area (Å²) in [6, 6.07) is 9.74. The summed E-state index contributed by atoms with van der Waals surface area (Å²) in [5.41, 5.74) is 6.10. The molecule has 2 N–H and O–H groups in total. The maximum Gasteiger partial charge on any atom is 0.227 e. The van der Waals surface area contributed by atoms with E-state index in [4.69, 9.17) is 4.74 Å². The van der Waals surface area contributed by atoms with E-state index in [1.54, 1.807) is 13.3 Å². The number of methoxy groups -OCH3 is 1. The van der Waals surface area contributed by atoms with Crippen molar-refractivity contribution >= 4 is 17.2 Å². The maximum atomic E-state index is 5.24. The largest absolute Gasteiger partial charge is 0.497 e. The number of hydrogen-bond donors (Lipinski definition) is 2. The number of hydrazine groups is 1. The van der Waals surface area contributed by atoms with Gasteiger partial charge in [-0.25, -0.2) is 9.97 Å². The molecule has 0 saturated carbocycles. The molecular weight excluding hydrogens is 302 g/mol. The lowest BCUT2D eigenvalue weighted by molar-refractivity contribution is 0.327. The Hall–Kier alpha value is -3.28. The number of anilines is 2. The van der Waals surface area contributed by atoms with Crippen LogP contribution in [0.1, 0.15) is 5.69 Å². The number of aromatic nitrogens is 2. The second-order valence-corrected chi connectivity index (χ2v) is 5.43. The standard InChI is InChI=1S/C18H17N5O/c1-24-14-6-4-5-13(11-14)21-18-19-9-8-16(22-18)15-12-20-23-10-3-2-7-17(15)23/h2-12,17,20H,1H3,(H,19,21,22). The highest BCUT2D eigenvalue weighted by molar-refractivity contribution is 5.71. The van der Waals surface area contributed by atoms with Crippen LogP contribution in [-0.4, -0.2) is 28.1 Å². The predicted octanol–water partition coefficient (Wildman–Crippen LogP) is 2.84. The van der Waals surface area contributed by atoms with Crippen LogP contribution in [-0.2, 0) is 0 Å². The number of nitrogens with zero attached hydrogens (tertiary/aromatic N) is 3. The molecule has 6 heteroatoms. The minimum Gasteiger partial charge on any atom is -0.497 e. The molecule has 6 nitrogen and oxygen atoms in total. The fourth-order valence-corrected chi connectivity index (χ4v) is 2.74. The summed E-state index contributed by atoms with van der Waals surface area (Å²) in [6.07, 6.45) is 11.9. The smallest absolute Gasteiger partial charge is 0.227 e. The lowest BCUT2D eigenvalue weighted by Gasteiger charge is -2.24. The van der Waals surface area contributed by atoms with E-state index in [-0.39, 0.29) is 6.04 Å². The molecule has 2 aliphatic rings. The Morgan fingerprint density at radius 2 is 2.21 bits per heavy atom. The van der Waals surface area contributed by atoms with Crippen molar-refractivity contribution in [2.45, 2.75) is 6.04 Å². The van der Waals surface area contributed by atoms with Crippen molar-refractivity contribution in [2.75, 3.05) is 12.4 Å². The molecule has 24 heavy (non-hydrogen) atoms. The van der Waals surface area contributed by atoms with Gasteiger partial charge < -0.3 is 15.5 Å². The Labute approximate surface area is 140 Å². The van der Waals surface area contributed by atoms with Gasteiger partial charge in [0.25, 0.3) is 0 Å². The van der Waals surface area contributed by atoms with Gasteiger partial charge in [-0.05, 0) is 24.3 Å². The zero-order chi connectivity index (χ0) is 16.4. The molecule has 1 atom stereocenters. The van der Waals surface area contributed by atoms with E-state index in [0.29, 0.717) is 5.95 Å². The van der Waals surface area contributed by atoms with Gasteiger partial charge in [0.1, 0.15) is 5.75 Å². The van der Waals surface area contributed by atoms with Crippen LogP contribution in [0.4, 0.5) is 11.6 Å². The van der Waals surface area contributed by atoms with Crippen molar-refractivity contribution < 1.29 is 4.74 Å². The molecule has 2 aliphatic heterocycles. The summed E-state index contributed by atoms with van der Waals surface area (Å²) in [7, 11) is 1.65. The van der Waals surface area contributed by atoms with Crippen LogP contribution in [0.3, 0.4) is 0 Å². The average Bonchev–Trinajstić information content (AvgIpc) is 3.06. The van der Waals surface area contributed by atoms with Crippen molar-refractivity contribution in [1.29, 1.82) is 0 Å². The molecule has 0 radical (unpaired) electrons. The molecule has 3 heterocycles. The first-order chi connectivity index (χ1) is 11.8. The number of benzene rings is 1.